The average Bonchev–Trinajstić information content (AvgIpc) is 2.98. The van der Waals surface area contributed by atoms with Gasteiger partial charge >= 0.3 is 5.97 Å². The molecule has 3 aromatic rings. The fourth-order valence-corrected chi connectivity index (χ4v) is 2.11. The minimum Gasteiger partial charge on any atom is -0.476 e. The van der Waals surface area contributed by atoms with E-state index in [0.717, 1.165) is 20.4 Å². The molecule has 1 N–H and O–H groups in total. The smallest absolute Gasteiger partial charge is 0.358 e. The van der Waals surface area contributed by atoms with Crippen molar-refractivity contribution in [3.63, 3.8) is 0 Å². The lowest BCUT2D eigenvalue weighted by Gasteiger charge is -2.05. The maximum Gasteiger partial charge on any atom is 0.358 e. The van der Waals surface area contributed by atoms with Crippen LogP contribution in [-0.2, 0) is 0 Å². The number of carbonyl (C=O) groups is 1. The van der Waals surface area contributed by atoms with E-state index < -0.39 is 5.97 Å². The van der Waals surface area contributed by atoms with Crippen LogP contribution < -0.4 is 4.84 Å². The number of rotatable bonds is 4. The monoisotopic (exact) mass is 359 g/mol. The Morgan fingerprint density at radius 3 is 2.18 bits per heavy atom. The van der Waals surface area contributed by atoms with E-state index in [1.165, 1.54) is 6.20 Å². The zero-order chi connectivity index (χ0) is 15.5. The fourth-order valence-electron chi connectivity index (χ4n) is 1.85. The molecule has 0 aliphatic heterocycles. The normalized spacial score (nSPS) is 10.4. The number of nitrogens with zero attached hydrogens (tertiary/aromatic N) is 3. The zero-order valence-corrected chi connectivity index (χ0v) is 12.8. The molecule has 0 aliphatic carbocycles. The van der Waals surface area contributed by atoms with Crippen molar-refractivity contribution in [2.45, 2.75) is 0 Å². The number of aromatic carboxylic acids is 1. The summed E-state index contributed by atoms with van der Waals surface area (Å²) in [6.45, 7) is 0. The van der Waals surface area contributed by atoms with Gasteiger partial charge in [0, 0.05) is 4.47 Å². The largest absolute Gasteiger partial charge is 0.476 e. The Labute approximate surface area is 134 Å². The SMILES string of the molecule is O=C(O)c1cn(Oc2ccc(-c3ccc(Br)cc3)cc2)nn1. The van der Waals surface area contributed by atoms with E-state index in [0.29, 0.717) is 5.75 Å². The van der Waals surface area contributed by atoms with E-state index in [-0.39, 0.29) is 5.69 Å². The maximum atomic E-state index is 10.7. The molecular formula is C15H10BrN3O3. The molecule has 0 radical (unpaired) electrons. The van der Waals surface area contributed by atoms with Crippen molar-refractivity contribution < 1.29 is 14.7 Å². The van der Waals surface area contributed by atoms with Crippen LogP contribution in [0, 0.1) is 0 Å². The van der Waals surface area contributed by atoms with Gasteiger partial charge in [0.25, 0.3) is 0 Å². The van der Waals surface area contributed by atoms with E-state index in [1.54, 1.807) is 12.1 Å². The highest BCUT2D eigenvalue weighted by Crippen LogP contribution is 2.24. The van der Waals surface area contributed by atoms with Crippen molar-refractivity contribution >= 4 is 21.9 Å². The molecule has 1 heterocycles. The minimum absolute atomic E-state index is 0.175. The highest BCUT2D eigenvalue weighted by molar-refractivity contribution is 9.10. The molecular weight excluding hydrogens is 350 g/mol. The van der Waals surface area contributed by atoms with Gasteiger partial charge in [-0.1, -0.05) is 45.0 Å². The summed E-state index contributed by atoms with van der Waals surface area (Å²) in [6.07, 6.45) is 1.20. The average molecular weight is 360 g/mol. The molecule has 110 valence electrons. The Hall–Kier alpha value is -2.67. The molecule has 0 spiro atoms. The zero-order valence-electron chi connectivity index (χ0n) is 11.2. The molecule has 3 rings (SSSR count). The Bertz CT molecular complexity index is 798. The van der Waals surface area contributed by atoms with Crippen molar-refractivity contribution in [3.8, 4) is 16.9 Å². The quantitative estimate of drug-likeness (QED) is 0.773. The standard InChI is InChI=1S/C15H10BrN3O3/c16-12-5-1-10(2-6-12)11-3-7-13(8-4-11)22-19-9-14(15(20)21)17-18-19/h1-9H,(H,20,21). The molecule has 0 saturated carbocycles. The number of carboxylic acids is 1. The van der Waals surface area contributed by atoms with E-state index in [2.05, 4.69) is 26.2 Å². The first kappa shape index (κ1) is 14.3. The molecule has 0 fully saturated rings. The summed E-state index contributed by atoms with van der Waals surface area (Å²) in [5, 5.41) is 15.8. The van der Waals surface area contributed by atoms with E-state index in [9.17, 15) is 4.79 Å². The fraction of sp³-hybridized carbons (Fsp3) is 0. The topological polar surface area (TPSA) is 77.2 Å². The molecule has 7 heteroatoms. The lowest BCUT2D eigenvalue weighted by molar-refractivity contribution is 0.0690. The summed E-state index contributed by atoms with van der Waals surface area (Å²) in [5.74, 6) is -0.622. The Morgan fingerprint density at radius 2 is 1.64 bits per heavy atom. The Kier molecular flexibility index (Phi) is 3.88. The van der Waals surface area contributed by atoms with Crippen LogP contribution in [0.5, 0.6) is 5.75 Å². The van der Waals surface area contributed by atoms with Crippen LogP contribution in [0.4, 0.5) is 0 Å². The molecule has 0 atom stereocenters. The Balaban J connectivity index is 1.76. The van der Waals surface area contributed by atoms with Gasteiger partial charge in [-0.05, 0) is 40.6 Å². The molecule has 1 aromatic heterocycles. The van der Waals surface area contributed by atoms with Gasteiger partial charge in [-0.15, -0.1) is 5.10 Å². The number of halogens is 1. The van der Waals surface area contributed by atoms with Gasteiger partial charge in [0.15, 0.2) is 11.4 Å². The van der Waals surface area contributed by atoms with Gasteiger partial charge < -0.3 is 9.94 Å². The molecule has 2 aromatic carbocycles. The molecule has 0 aliphatic rings. The summed E-state index contributed by atoms with van der Waals surface area (Å²) in [5.41, 5.74) is 1.96. The van der Waals surface area contributed by atoms with Crippen LogP contribution in [0.3, 0.4) is 0 Å². The summed E-state index contributed by atoms with van der Waals surface area (Å²) < 4.78 is 1.02. The van der Waals surface area contributed by atoms with Crippen LogP contribution in [0.15, 0.2) is 59.2 Å². The van der Waals surface area contributed by atoms with Crippen molar-refractivity contribution in [1.82, 2.24) is 15.2 Å². The first-order valence-corrected chi connectivity index (χ1v) is 7.11. The van der Waals surface area contributed by atoms with Gasteiger partial charge in [-0.3, -0.25) is 0 Å². The highest BCUT2D eigenvalue weighted by atomic mass is 79.9. The van der Waals surface area contributed by atoms with Gasteiger partial charge in [-0.2, -0.15) is 0 Å². The predicted octanol–water partition coefficient (Wildman–Crippen LogP) is 3.25. The van der Waals surface area contributed by atoms with Gasteiger partial charge in [0.1, 0.15) is 6.20 Å². The van der Waals surface area contributed by atoms with Crippen LogP contribution >= 0.6 is 15.9 Å². The maximum absolute atomic E-state index is 10.7. The third-order valence-corrected chi connectivity index (χ3v) is 3.45. The van der Waals surface area contributed by atoms with Crippen LogP contribution in [0.1, 0.15) is 10.5 Å². The minimum atomic E-state index is -1.15. The summed E-state index contributed by atoms with van der Waals surface area (Å²) in [7, 11) is 0. The van der Waals surface area contributed by atoms with Gasteiger partial charge in [0.05, 0.1) is 0 Å². The van der Waals surface area contributed by atoms with Gasteiger partial charge in [-0.25, -0.2) is 4.79 Å². The molecule has 0 unspecified atom stereocenters. The number of carboxylic acid groups (broad SMARTS) is 1. The third kappa shape index (κ3) is 3.15. The molecule has 6 nitrogen and oxygen atoms in total. The van der Waals surface area contributed by atoms with Crippen LogP contribution in [0.25, 0.3) is 11.1 Å². The Morgan fingerprint density at radius 1 is 1.05 bits per heavy atom. The highest BCUT2D eigenvalue weighted by Gasteiger charge is 2.09. The van der Waals surface area contributed by atoms with Crippen molar-refractivity contribution in [2.75, 3.05) is 0 Å². The lowest BCUT2D eigenvalue weighted by atomic mass is 10.1. The second-order valence-corrected chi connectivity index (χ2v) is 5.35. The molecule has 22 heavy (non-hydrogen) atoms. The van der Waals surface area contributed by atoms with Gasteiger partial charge in [0.2, 0.25) is 0 Å². The van der Waals surface area contributed by atoms with Crippen molar-refractivity contribution in [2.24, 2.45) is 0 Å². The lowest BCUT2D eigenvalue weighted by Crippen LogP contribution is -2.05. The third-order valence-electron chi connectivity index (χ3n) is 2.92. The number of benzene rings is 2. The van der Waals surface area contributed by atoms with Crippen molar-refractivity contribution in [3.05, 3.63) is 64.9 Å². The summed E-state index contributed by atoms with van der Waals surface area (Å²) >= 11 is 3.40. The van der Waals surface area contributed by atoms with E-state index in [4.69, 9.17) is 9.94 Å². The van der Waals surface area contributed by atoms with Crippen LogP contribution in [-0.4, -0.2) is 26.2 Å². The molecule has 0 bridgehead atoms. The number of hydrogen-bond donors (Lipinski definition) is 1. The van der Waals surface area contributed by atoms with Crippen LogP contribution in [0.2, 0.25) is 0 Å². The molecule has 0 amide bonds. The second kappa shape index (κ2) is 5.98. The molecule has 0 saturated heterocycles. The van der Waals surface area contributed by atoms with E-state index >= 15 is 0 Å². The first-order valence-electron chi connectivity index (χ1n) is 6.32. The number of hydrogen-bond acceptors (Lipinski definition) is 4. The number of aromatic nitrogens is 3. The first-order chi connectivity index (χ1) is 10.6. The summed E-state index contributed by atoms with van der Waals surface area (Å²) in [6, 6.07) is 15.3. The van der Waals surface area contributed by atoms with E-state index in [1.807, 2.05) is 36.4 Å². The summed E-state index contributed by atoms with van der Waals surface area (Å²) in [4.78, 5) is 17.1. The van der Waals surface area contributed by atoms with Crippen molar-refractivity contribution in [1.29, 1.82) is 0 Å². The second-order valence-electron chi connectivity index (χ2n) is 4.43. The predicted molar refractivity (Wildman–Crippen MR) is 82.6 cm³/mol.